The fourth-order valence-corrected chi connectivity index (χ4v) is 0. The van der Waals surface area contributed by atoms with Crippen LogP contribution in [0.5, 0.6) is 0 Å². The smallest absolute Gasteiger partial charge is 2.00 e. The summed E-state index contributed by atoms with van der Waals surface area (Å²) in [6, 6.07) is 0. The van der Waals surface area contributed by atoms with Gasteiger partial charge >= 0.3 is 34.1 Å². The van der Waals surface area contributed by atoms with E-state index in [0.717, 1.165) is 0 Å². The van der Waals surface area contributed by atoms with Gasteiger partial charge in [-0.3, -0.25) is 0 Å². The topological polar surface area (TPSA) is 200 Å². The molecule has 0 spiro atoms. The van der Waals surface area contributed by atoms with Gasteiger partial charge in [0.05, 0.1) is 0 Å². The van der Waals surface area contributed by atoms with Crippen LogP contribution < -0.4 is 0 Å². The van der Waals surface area contributed by atoms with Crippen LogP contribution in [-0.4, -0.2) is 0 Å². The van der Waals surface area contributed by atoms with Gasteiger partial charge in [-0.05, 0) is 0 Å². The predicted octanol–water partition coefficient (Wildman–Crippen LogP) is -0.837. The number of rotatable bonds is 0. The van der Waals surface area contributed by atoms with Gasteiger partial charge in [-0.15, -0.1) is 0 Å². The molecule has 0 aliphatic rings. The monoisotopic (exact) mass is 222 g/mol. The summed E-state index contributed by atoms with van der Waals surface area (Å²) >= 11 is 0. The maximum absolute atomic E-state index is 0. The zero-order chi connectivity index (χ0) is 0. The molecule has 0 saturated carbocycles. The minimum atomic E-state index is 0. The Morgan fingerprint density at radius 3 is 0.222 bits per heavy atom. The van der Waals surface area contributed by atoms with Crippen LogP contribution in [0.4, 0.5) is 0 Å². The minimum absolute atomic E-state index is 0. The van der Waals surface area contributed by atoms with Crippen LogP contribution in [0.2, 0.25) is 0 Å². The average molecular weight is 222 g/mol. The van der Waals surface area contributed by atoms with E-state index in [1.807, 2.05) is 0 Å². The molecule has 0 rings (SSSR count). The third-order valence-electron chi connectivity index (χ3n) is 0. The first-order valence-electron chi connectivity index (χ1n) is 0. The summed E-state index contributed by atoms with van der Waals surface area (Å²) in [7, 11) is 0. The first-order valence-corrected chi connectivity index (χ1v) is 0. The van der Waals surface area contributed by atoms with Crippen LogP contribution in [-0.2, 0) is 72.5 Å². The summed E-state index contributed by atoms with van der Waals surface area (Å²) < 4.78 is 0. The van der Waals surface area contributed by atoms with Gasteiger partial charge in [0.15, 0.2) is 0 Å². The molecule has 0 radical (unpaired) electrons. The van der Waals surface area contributed by atoms with Gasteiger partial charge in [-0.25, -0.2) is 0 Å². The normalized spacial score (nSPS) is 0. The summed E-state index contributed by atoms with van der Waals surface area (Å²) in [5.74, 6) is 0. The molecule has 0 unspecified atom stereocenters. The number of hydrogen-bond donors (Lipinski definition) is 0. The molecule has 56 valence electrons. The molecular weight excluding hydrogens is 222 g/mol. The van der Waals surface area contributed by atoms with E-state index >= 15 is 0 Å². The van der Waals surface area contributed by atoms with Gasteiger partial charge in [0, 0.05) is 0 Å². The molecule has 0 aromatic heterocycles. The molecule has 0 aliphatic carbocycles. The zero-order valence-electron chi connectivity index (χ0n) is 3.61. The SMILES string of the molecule is [Mn+7].[Mn+7].[O-2].[O-2].[O-2].[O-2].[O-2].[O-2].[O-2]. The average Bonchev–Trinajstić information content (AvgIpc) is 0. The number of hydrogen-bond acceptors (Lipinski definition) is 0. The van der Waals surface area contributed by atoms with E-state index in [0.29, 0.717) is 0 Å². The standard InChI is InChI=1S/2Mn.7O/q2*+7;7*-2. The Hall–Kier alpha value is 0.759. The Morgan fingerprint density at radius 1 is 0.222 bits per heavy atom. The first kappa shape index (κ1) is 1300. The molecule has 0 bridgehead atoms. The summed E-state index contributed by atoms with van der Waals surface area (Å²) in [5, 5.41) is 0. The Kier molecular flexibility index (Phi) is 132000. The van der Waals surface area contributed by atoms with Crippen LogP contribution in [0.15, 0.2) is 0 Å². The van der Waals surface area contributed by atoms with Crippen molar-refractivity contribution in [3.63, 3.8) is 0 Å². The van der Waals surface area contributed by atoms with E-state index in [1.165, 1.54) is 0 Å². The van der Waals surface area contributed by atoms with Crippen molar-refractivity contribution in [3.8, 4) is 0 Å². The van der Waals surface area contributed by atoms with Gasteiger partial charge in [-0.1, -0.05) is 0 Å². The Bertz CT molecular complexity index is 6.88. The van der Waals surface area contributed by atoms with Crippen LogP contribution in [0.25, 0.3) is 0 Å². The summed E-state index contributed by atoms with van der Waals surface area (Å²) in [6.07, 6.45) is 0. The molecule has 0 heterocycles. The van der Waals surface area contributed by atoms with E-state index in [-0.39, 0.29) is 72.5 Å². The molecule has 0 aromatic carbocycles. The van der Waals surface area contributed by atoms with Crippen LogP contribution >= 0.6 is 0 Å². The summed E-state index contributed by atoms with van der Waals surface area (Å²) in [6.45, 7) is 0. The molecule has 0 aliphatic heterocycles. The second kappa shape index (κ2) is 915. The van der Waals surface area contributed by atoms with E-state index < -0.39 is 0 Å². The van der Waals surface area contributed by atoms with E-state index in [4.69, 9.17) is 0 Å². The van der Waals surface area contributed by atoms with Crippen molar-refractivity contribution in [1.82, 2.24) is 0 Å². The molecule has 0 saturated heterocycles. The molecule has 0 amide bonds. The van der Waals surface area contributed by atoms with Gasteiger partial charge in [0.2, 0.25) is 0 Å². The summed E-state index contributed by atoms with van der Waals surface area (Å²) in [5.41, 5.74) is 0. The second-order valence-electron chi connectivity index (χ2n) is 0. The fourth-order valence-electron chi connectivity index (χ4n) is 0. The van der Waals surface area contributed by atoms with Crippen molar-refractivity contribution in [2.75, 3.05) is 0 Å². The zero-order valence-corrected chi connectivity index (χ0v) is 5.97. The summed E-state index contributed by atoms with van der Waals surface area (Å²) in [4.78, 5) is 0. The Balaban J connectivity index is 0. The molecule has 0 aromatic rings. The maximum Gasteiger partial charge on any atom is 7.00 e. The van der Waals surface area contributed by atoms with Crippen molar-refractivity contribution in [3.05, 3.63) is 0 Å². The van der Waals surface area contributed by atoms with Gasteiger partial charge in [0.25, 0.3) is 0 Å². The second-order valence-corrected chi connectivity index (χ2v) is 0. The predicted molar refractivity (Wildman–Crippen MR) is 4.81 cm³/mol. The Morgan fingerprint density at radius 2 is 0.222 bits per heavy atom. The largest absolute Gasteiger partial charge is 7.00 e. The van der Waals surface area contributed by atoms with Crippen molar-refractivity contribution in [2.24, 2.45) is 0 Å². The van der Waals surface area contributed by atoms with E-state index in [2.05, 4.69) is 0 Å². The van der Waals surface area contributed by atoms with Crippen LogP contribution in [0.1, 0.15) is 0 Å². The van der Waals surface area contributed by atoms with E-state index in [9.17, 15) is 0 Å². The molecule has 9 heteroatoms. The minimum Gasteiger partial charge on any atom is -2.00 e. The molecule has 0 fully saturated rings. The van der Waals surface area contributed by atoms with Gasteiger partial charge in [0.1, 0.15) is 0 Å². The molecular formula is Mn2O7. The van der Waals surface area contributed by atoms with Crippen LogP contribution in [0, 0.1) is 0 Å². The van der Waals surface area contributed by atoms with Crippen molar-refractivity contribution in [2.45, 2.75) is 0 Å². The van der Waals surface area contributed by atoms with Gasteiger partial charge in [-0.2, -0.15) is 0 Å². The van der Waals surface area contributed by atoms with Gasteiger partial charge < -0.3 is 38.3 Å². The van der Waals surface area contributed by atoms with Crippen molar-refractivity contribution >= 4 is 0 Å². The molecule has 0 atom stereocenters. The quantitative estimate of drug-likeness (QED) is 0.460. The third kappa shape index (κ3) is 695. The molecule has 9 heavy (non-hydrogen) atoms. The van der Waals surface area contributed by atoms with E-state index in [1.54, 1.807) is 0 Å². The van der Waals surface area contributed by atoms with Crippen molar-refractivity contribution < 1.29 is 72.5 Å². The fraction of sp³-hybridized carbons (Fsp3) is 0. The van der Waals surface area contributed by atoms with Crippen molar-refractivity contribution in [1.29, 1.82) is 0 Å². The maximum atomic E-state index is 0. The molecule has 0 N–H and O–H groups in total. The first-order chi connectivity index (χ1) is 0. The third-order valence-corrected chi connectivity index (χ3v) is 0. The molecule has 7 nitrogen and oxygen atoms in total. The Labute approximate surface area is 72.9 Å². The van der Waals surface area contributed by atoms with Crippen LogP contribution in [0.3, 0.4) is 0 Å².